The minimum absolute atomic E-state index is 0.0537. The lowest BCUT2D eigenvalue weighted by Crippen LogP contribution is -2.32. The lowest BCUT2D eigenvalue weighted by molar-refractivity contribution is -0.274. The fraction of sp³-hybridized carbons (Fsp3) is 0.538. The van der Waals surface area contributed by atoms with E-state index in [1.165, 1.54) is 12.1 Å². The van der Waals surface area contributed by atoms with Gasteiger partial charge >= 0.3 is 0 Å². The molecule has 0 radical (unpaired) electrons. The maximum atomic E-state index is 13.0. The van der Waals surface area contributed by atoms with Gasteiger partial charge in [-0.05, 0) is 45.0 Å². The summed E-state index contributed by atoms with van der Waals surface area (Å²) in [6.45, 7) is 6.66. The van der Waals surface area contributed by atoms with Gasteiger partial charge in [0.05, 0.1) is 12.2 Å². The number of hydrogen-bond acceptors (Lipinski definition) is 3. The highest BCUT2D eigenvalue weighted by atomic mass is 28.2. The quantitative estimate of drug-likeness (QED) is 0.566. The summed E-state index contributed by atoms with van der Waals surface area (Å²) in [5, 5.41) is 0.530. The highest BCUT2D eigenvalue weighted by molar-refractivity contribution is 6.46. The van der Waals surface area contributed by atoms with Crippen LogP contribution >= 0.6 is 0 Å². The SMILES string of the molecule is CC(C)OC(O[SiH2]c1cc(F)cc(F)c1)OC(C)C. The van der Waals surface area contributed by atoms with E-state index in [1.807, 2.05) is 27.7 Å². The summed E-state index contributed by atoms with van der Waals surface area (Å²) in [4.78, 5) is 0. The molecule has 19 heavy (non-hydrogen) atoms. The minimum Gasteiger partial charge on any atom is -0.373 e. The molecule has 0 aliphatic carbocycles. The van der Waals surface area contributed by atoms with E-state index in [1.54, 1.807) is 0 Å². The molecule has 0 aliphatic heterocycles. The molecule has 0 fully saturated rings. The second-order valence-corrected chi connectivity index (χ2v) is 6.19. The summed E-state index contributed by atoms with van der Waals surface area (Å²) in [7, 11) is -1.32. The number of rotatable bonds is 7. The molecule has 1 aromatic carbocycles. The van der Waals surface area contributed by atoms with Crippen molar-refractivity contribution in [3.8, 4) is 0 Å². The van der Waals surface area contributed by atoms with E-state index < -0.39 is 27.9 Å². The van der Waals surface area contributed by atoms with Gasteiger partial charge in [-0.1, -0.05) is 0 Å². The van der Waals surface area contributed by atoms with Crippen molar-refractivity contribution in [3.63, 3.8) is 0 Å². The van der Waals surface area contributed by atoms with Crippen molar-refractivity contribution >= 4 is 14.9 Å². The van der Waals surface area contributed by atoms with Gasteiger partial charge in [0.15, 0.2) is 9.76 Å². The molecule has 1 aromatic rings. The molecular formula is C13H20F2O3Si. The molecule has 108 valence electrons. The minimum atomic E-state index is -1.32. The van der Waals surface area contributed by atoms with Gasteiger partial charge in [-0.15, -0.1) is 0 Å². The van der Waals surface area contributed by atoms with Gasteiger partial charge in [-0.2, -0.15) is 0 Å². The molecular weight excluding hydrogens is 270 g/mol. The standard InChI is InChI=1S/C13H20F2O3Si/c1-8(2)16-13(17-9(3)4)18-19-12-6-10(14)5-11(15)7-12/h5-9,13H,19H2,1-4H3. The first kappa shape index (κ1) is 16.2. The second kappa shape index (κ2) is 7.69. The Labute approximate surface area is 114 Å². The second-order valence-electron chi connectivity index (χ2n) is 4.75. The molecule has 0 atom stereocenters. The third-order valence-electron chi connectivity index (χ3n) is 2.07. The van der Waals surface area contributed by atoms with Crippen LogP contribution in [-0.2, 0) is 13.9 Å². The van der Waals surface area contributed by atoms with E-state index in [0.29, 0.717) is 5.19 Å². The van der Waals surface area contributed by atoms with Crippen LogP contribution in [0, 0.1) is 11.6 Å². The molecule has 0 saturated carbocycles. The van der Waals surface area contributed by atoms with Crippen LogP contribution in [-0.4, -0.2) is 28.4 Å². The molecule has 0 saturated heterocycles. The Kier molecular flexibility index (Phi) is 6.57. The molecule has 0 bridgehead atoms. The third kappa shape index (κ3) is 6.77. The first-order valence-electron chi connectivity index (χ1n) is 6.24. The summed E-state index contributed by atoms with van der Waals surface area (Å²) in [6, 6.07) is 3.39. The van der Waals surface area contributed by atoms with Gasteiger partial charge in [0.1, 0.15) is 11.6 Å². The maximum absolute atomic E-state index is 13.0. The van der Waals surface area contributed by atoms with Crippen molar-refractivity contribution in [3.05, 3.63) is 29.8 Å². The van der Waals surface area contributed by atoms with E-state index in [9.17, 15) is 8.78 Å². The van der Waals surface area contributed by atoms with Crippen molar-refractivity contribution in [1.82, 2.24) is 0 Å². The Hall–Kier alpha value is -0.823. The fourth-order valence-electron chi connectivity index (χ4n) is 1.41. The predicted molar refractivity (Wildman–Crippen MR) is 71.9 cm³/mol. The molecule has 0 aromatic heterocycles. The van der Waals surface area contributed by atoms with Crippen LogP contribution in [0.3, 0.4) is 0 Å². The van der Waals surface area contributed by atoms with Crippen LogP contribution in [0.4, 0.5) is 8.78 Å². The smallest absolute Gasteiger partial charge is 0.262 e. The van der Waals surface area contributed by atoms with E-state index >= 15 is 0 Å². The van der Waals surface area contributed by atoms with Crippen LogP contribution in [0.5, 0.6) is 0 Å². The van der Waals surface area contributed by atoms with Crippen LogP contribution in [0.15, 0.2) is 18.2 Å². The van der Waals surface area contributed by atoms with Gasteiger partial charge < -0.3 is 13.9 Å². The average molecular weight is 290 g/mol. The van der Waals surface area contributed by atoms with Crippen LogP contribution < -0.4 is 5.19 Å². The maximum Gasteiger partial charge on any atom is 0.262 e. The van der Waals surface area contributed by atoms with Crippen molar-refractivity contribution in [2.24, 2.45) is 0 Å². The van der Waals surface area contributed by atoms with E-state index in [-0.39, 0.29) is 12.2 Å². The third-order valence-corrected chi connectivity index (χ3v) is 3.26. The Morgan fingerprint density at radius 2 is 1.37 bits per heavy atom. The summed E-state index contributed by atoms with van der Waals surface area (Å²) >= 11 is 0. The molecule has 1 rings (SSSR count). The summed E-state index contributed by atoms with van der Waals surface area (Å²) < 4.78 is 42.5. The summed E-state index contributed by atoms with van der Waals surface area (Å²) in [6.07, 6.45) is -0.107. The van der Waals surface area contributed by atoms with Crippen LogP contribution in [0.25, 0.3) is 0 Å². The van der Waals surface area contributed by atoms with Crippen molar-refractivity contribution in [2.45, 2.75) is 46.4 Å². The number of benzene rings is 1. The number of ether oxygens (including phenoxy) is 2. The van der Waals surface area contributed by atoms with Gasteiger partial charge in [0.2, 0.25) is 0 Å². The zero-order valence-electron chi connectivity index (χ0n) is 11.7. The number of halogens is 2. The molecule has 0 amide bonds. The normalized spacial score (nSPS) is 12.5. The lowest BCUT2D eigenvalue weighted by atomic mass is 10.3. The first-order chi connectivity index (χ1) is 8.86. The Bertz CT molecular complexity index is 369. The fourth-order valence-corrected chi connectivity index (χ4v) is 2.46. The van der Waals surface area contributed by atoms with Crippen molar-refractivity contribution < 1.29 is 22.7 Å². The van der Waals surface area contributed by atoms with Crippen molar-refractivity contribution in [2.75, 3.05) is 0 Å². The monoisotopic (exact) mass is 290 g/mol. The lowest BCUT2D eigenvalue weighted by Gasteiger charge is -2.23. The average Bonchev–Trinajstić information content (AvgIpc) is 2.23. The summed E-state index contributed by atoms with van der Waals surface area (Å²) in [5.41, 5.74) is 0. The molecule has 0 unspecified atom stereocenters. The highest BCUT2D eigenvalue weighted by Gasteiger charge is 2.14. The molecule has 0 aliphatic rings. The summed E-state index contributed by atoms with van der Waals surface area (Å²) in [5.74, 6) is -1.20. The Morgan fingerprint density at radius 3 is 1.79 bits per heavy atom. The Balaban J connectivity index is 2.59. The first-order valence-corrected chi connectivity index (χ1v) is 7.52. The molecule has 0 heterocycles. The largest absolute Gasteiger partial charge is 0.373 e. The van der Waals surface area contributed by atoms with E-state index in [0.717, 1.165) is 6.07 Å². The zero-order valence-corrected chi connectivity index (χ0v) is 13.1. The Morgan fingerprint density at radius 1 is 0.895 bits per heavy atom. The highest BCUT2D eigenvalue weighted by Crippen LogP contribution is 2.05. The van der Waals surface area contributed by atoms with Crippen LogP contribution in [0.1, 0.15) is 27.7 Å². The van der Waals surface area contributed by atoms with Gasteiger partial charge in [0.25, 0.3) is 6.48 Å². The van der Waals surface area contributed by atoms with Gasteiger partial charge in [0, 0.05) is 6.07 Å². The van der Waals surface area contributed by atoms with Gasteiger partial charge in [-0.3, -0.25) is 0 Å². The van der Waals surface area contributed by atoms with E-state index in [2.05, 4.69) is 0 Å². The van der Waals surface area contributed by atoms with Crippen molar-refractivity contribution in [1.29, 1.82) is 0 Å². The molecule has 0 spiro atoms. The number of hydrogen-bond donors (Lipinski definition) is 0. The molecule has 3 nitrogen and oxygen atoms in total. The zero-order chi connectivity index (χ0) is 14.4. The molecule has 0 N–H and O–H groups in total. The predicted octanol–water partition coefficient (Wildman–Crippen LogP) is 1.82. The van der Waals surface area contributed by atoms with Crippen LogP contribution in [0.2, 0.25) is 0 Å². The topological polar surface area (TPSA) is 27.7 Å². The molecule has 6 heteroatoms. The van der Waals surface area contributed by atoms with Gasteiger partial charge in [-0.25, -0.2) is 8.78 Å². The van der Waals surface area contributed by atoms with E-state index in [4.69, 9.17) is 13.9 Å².